The molecule has 2 heterocycles. The number of morpholine rings is 1. The van der Waals surface area contributed by atoms with E-state index in [9.17, 15) is 23.6 Å². The van der Waals surface area contributed by atoms with E-state index in [0.29, 0.717) is 26.3 Å². The standard InChI is InChI=1S/C23H16ClF2N3O3S/c24-18-2-1-3-19(26)16(18)12-20-22(31)29(15-6-4-14(25)5-7-15)23(33-20)17(13-27)21(30)28-8-10-32-11-9-28/h1-7,12H,8-11H2/b20-12+,23-17-. The lowest BCUT2D eigenvalue weighted by atomic mass is 10.2. The molecule has 1 amide bonds. The van der Waals surface area contributed by atoms with E-state index in [4.69, 9.17) is 16.3 Å². The first-order chi connectivity index (χ1) is 15.9. The maximum Gasteiger partial charge on any atom is 0.273 e. The van der Waals surface area contributed by atoms with Gasteiger partial charge in [-0.2, -0.15) is 5.26 Å². The Labute approximate surface area is 195 Å². The van der Waals surface area contributed by atoms with Crippen molar-refractivity contribution < 1.29 is 18.3 Å². The van der Waals surface area contributed by atoms with Crippen molar-refractivity contribution in [2.75, 3.05) is 26.3 Å². The van der Waals surface area contributed by atoms with Crippen LogP contribution in [0.4, 0.5) is 8.78 Å². The van der Waals surface area contributed by atoms with Gasteiger partial charge in [-0.1, -0.05) is 17.7 Å². The zero-order valence-electron chi connectivity index (χ0n) is 17.1. The molecule has 10 heteroatoms. The van der Waals surface area contributed by atoms with Crippen molar-refractivity contribution in [2.24, 2.45) is 0 Å². The highest BCUT2D eigenvalue weighted by atomic mass is 35.5. The van der Waals surface area contributed by atoms with E-state index in [-0.39, 0.29) is 31.0 Å². The number of carbonyl (C=O) groups is 1. The summed E-state index contributed by atoms with van der Waals surface area (Å²) < 4.78 is 34.4. The Hall–Kier alpha value is -3.32. The number of hydrogen-bond donors (Lipinski definition) is 0. The predicted molar refractivity (Wildman–Crippen MR) is 121 cm³/mol. The van der Waals surface area contributed by atoms with E-state index in [1.165, 1.54) is 41.3 Å². The lowest BCUT2D eigenvalue weighted by Crippen LogP contribution is -2.42. The Balaban J connectivity index is 2.02. The molecule has 4 rings (SSSR count). The number of nitriles is 1. The summed E-state index contributed by atoms with van der Waals surface area (Å²) in [7, 11) is 0. The molecule has 0 unspecified atom stereocenters. The molecule has 6 nitrogen and oxygen atoms in total. The highest BCUT2D eigenvalue weighted by Gasteiger charge is 2.24. The summed E-state index contributed by atoms with van der Waals surface area (Å²) in [6.45, 7) is 1.29. The fraction of sp³-hybridized carbons (Fsp3) is 0.174. The first-order valence-electron chi connectivity index (χ1n) is 9.85. The predicted octanol–water partition coefficient (Wildman–Crippen LogP) is 2.19. The smallest absolute Gasteiger partial charge is 0.273 e. The number of thiazole rings is 1. The molecule has 0 aliphatic carbocycles. The second-order valence-electron chi connectivity index (χ2n) is 7.06. The lowest BCUT2D eigenvalue weighted by Gasteiger charge is -2.26. The fourth-order valence-electron chi connectivity index (χ4n) is 3.37. The Bertz CT molecular complexity index is 1420. The molecule has 2 aromatic carbocycles. The van der Waals surface area contributed by atoms with Gasteiger partial charge in [0.15, 0.2) is 5.57 Å². The van der Waals surface area contributed by atoms with Crippen molar-refractivity contribution >= 4 is 40.5 Å². The molecule has 0 spiro atoms. The number of nitrogens with zero attached hydrogens (tertiary/aromatic N) is 3. The zero-order valence-corrected chi connectivity index (χ0v) is 18.6. The molecule has 1 fully saturated rings. The Morgan fingerprint density at radius 2 is 1.85 bits per heavy atom. The van der Waals surface area contributed by atoms with Crippen LogP contribution in [0.15, 0.2) is 47.3 Å². The second-order valence-corrected chi connectivity index (χ2v) is 8.50. The first kappa shape index (κ1) is 22.9. The van der Waals surface area contributed by atoms with Gasteiger partial charge in [-0.15, -0.1) is 11.3 Å². The minimum Gasteiger partial charge on any atom is -0.378 e. The fourth-order valence-corrected chi connectivity index (χ4v) is 4.66. The van der Waals surface area contributed by atoms with Gasteiger partial charge in [-0.05, 0) is 42.5 Å². The van der Waals surface area contributed by atoms with Gasteiger partial charge in [0.2, 0.25) is 0 Å². The van der Waals surface area contributed by atoms with Crippen LogP contribution in [0.3, 0.4) is 0 Å². The molecular formula is C23H16ClF2N3O3S. The van der Waals surface area contributed by atoms with Crippen LogP contribution in [0.1, 0.15) is 5.56 Å². The second kappa shape index (κ2) is 9.67. The van der Waals surface area contributed by atoms with Crippen molar-refractivity contribution in [3.63, 3.8) is 0 Å². The molecule has 1 aliphatic rings. The third-order valence-electron chi connectivity index (χ3n) is 5.02. The van der Waals surface area contributed by atoms with Gasteiger partial charge in [0.25, 0.3) is 11.5 Å². The molecule has 0 N–H and O–H groups in total. The quantitative estimate of drug-likeness (QED) is 0.567. The number of benzene rings is 2. The van der Waals surface area contributed by atoms with E-state index in [1.807, 2.05) is 6.07 Å². The summed E-state index contributed by atoms with van der Waals surface area (Å²) in [5, 5.41) is 9.95. The van der Waals surface area contributed by atoms with E-state index < -0.39 is 23.1 Å². The maximum absolute atomic E-state index is 14.3. The van der Waals surface area contributed by atoms with Gasteiger partial charge in [0, 0.05) is 18.7 Å². The summed E-state index contributed by atoms with van der Waals surface area (Å²) in [5.41, 5.74) is -0.575. The van der Waals surface area contributed by atoms with Crippen molar-refractivity contribution in [1.29, 1.82) is 5.26 Å². The van der Waals surface area contributed by atoms with Gasteiger partial charge in [-0.3, -0.25) is 14.2 Å². The molecular weight excluding hydrogens is 472 g/mol. The minimum absolute atomic E-state index is 0.00772. The first-order valence-corrected chi connectivity index (χ1v) is 11.0. The molecule has 1 aromatic heterocycles. The van der Waals surface area contributed by atoms with Crippen molar-refractivity contribution in [3.05, 3.63) is 84.2 Å². The topological polar surface area (TPSA) is 75.3 Å². The Kier molecular flexibility index (Phi) is 6.70. The summed E-state index contributed by atoms with van der Waals surface area (Å²) >= 11 is 6.97. The van der Waals surface area contributed by atoms with Gasteiger partial charge >= 0.3 is 0 Å². The van der Waals surface area contributed by atoms with Gasteiger partial charge in [0.05, 0.1) is 28.5 Å². The highest BCUT2D eigenvalue weighted by Crippen LogP contribution is 2.19. The van der Waals surface area contributed by atoms with Crippen LogP contribution in [0.5, 0.6) is 0 Å². The van der Waals surface area contributed by atoms with Gasteiger partial charge in [0.1, 0.15) is 22.4 Å². The number of amides is 1. The molecule has 0 atom stereocenters. The summed E-state index contributed by atoms with van der Waals surface area (Å²) in [4.78, 5) is 27.9. The van der Waals surface area contributed by atoms with E-state index in [2.05, 4.69) is 0 Å². The molecule has 0 bridgehead atoms. The highest BCUT2D eigenvalue weighted by molar-refractivity contribution is 7.07. The van der Waals surface area contributed by atoms with Crippen molar-refractivity contribution in [3.8, 4) is 11.8 Å². The normalized spacial score (nSPS) is 15.3. The van der Waals surface area contributed by atoms with Crippen LogP contribution in [-0.4, -0.2) is 41.7 Å². The number of aromatic nitrogens is 1. The van der Waals surface area contributed by atoms with Crippen LogP contribution < -0.4 is 14.8 Å². The zero-order chi connectivity index (χ0) is 23.5. The van der Waals surface area contributed by atoms with E-state index in [1.54, 1.807) is 0 Å². The number of ether oxygens (including phenoxy) is 1. The maximum atomic E-state index is 14.3. The summed E-state index contributed by atoms with van der Waals surface area (Å²) in [5.74, 6) is -1.69. The largest absolute Gasteiger partial charge is 0.378 e. The Morgan fingerprint density at radius 3 is 2.48 bits per heavy atom. The molecule has 0 saturated carbocycles. The average molecular weight is 488 g/mol. The van der Waals surface area contributed by atoms with Crippen LogP contribution >= 0.6 is 22.9 Å². The number of hydrogen-bond acceptors (Lipinski definition) is 5. The Morgan fingerprint density at radius 1 is 1.15 bits per heavy atom. The van der Waals surface area contributed by atoms with Crippen LogP contribution in [0.2, 0.25) is 5.02 Å². The van der Waals surface area contributed by atoms with Gasteiger partial charge in [-0.25, -0.2) is 8.78 Å². The molecule has 0 radical (unpaired) electrons. The van der Waals surface area contributed by atoms with E-state index >= 15 is 0 Å². The molecule has 1 saturated heterocycles. The number of halogens is 3. The summed E-state index contributed by atoms with van der Waals surface area (Å²) in [6.07, 6.45) is 1.28. The average Bonchev–Trinajstić information content (AvgIpc) is 3.13. The van der Waals surface area contributed by atoms with Crippen LogP contribution in [-0.2, 0) is 9.53 Å². The van der Waals surface area contributed by atoms with E-state index in [0.717, 1.165) is 28.0 Å². The third kappa shape index (κ3) is 4.59. The molecule has 168 valence electrons. The SMILES string of the molecule is N#C/C(C(=O)N1CCOCC1)=c1/s/c(=C/c2c(F)cccc2Cl)c(=O)n1-c1ccc(F)cc1. The van der Waals surface area contributed by atoms with Crippen LogP contribution in [0, 0.1) is 23.0 Å². The van der Waals surface area contributed by atoms with Crippen molar-refractivity contribution in [1.82, 2.24) is 9.47 Å². The lowest BCUT2D eigenvalue weighted by molar-refractivity contribution is -0.128. The minimum atomic E-state index is -0.626. The number of rotatable bonds is 3. The monoisotopic (exact) mass is 487 g/mol. The molecule has 33 heavy (non-hydrogen) atoms. The van der Waals surface area contributed by atoms with Crippen LogP contribution in [0.25, 0.3) is 17.3 Å². The number of carbonyl (C=O) groups excluding carboxylic acids is 1. The van der Waals surface area contributed by atoms with Gasteiger partial charge < -0.3 is 9.64 Å². The summed E-state index contributed by atoms with van der Waals surface area (Å²) in [6, 6.07) is 11.1. The van der Waals surface area contributed by atoms with Crippen molar-refractivity contribution in [2.45, 2.75) is 0 Å². The molecule has 3 aromatic rings. The molecule has 1 aliphatic heterocycles. The third-order valence-corrected chi connectivity index (χ3v) is 6.44.